The molecule has 6 heterocycles. The maximum absolute atomic E-state index is 11.9. The number of likely N-dealkylation sites (N-methyl/N-ethyl adjacent to an activating group) is 1. The fourth-order valence-corrected chi connectivity index (χ4v) is 5.82. The summed E-state index contributed by atoms with van der Waals surface area (Å²) in [4.78, 5) is 30.5. The normalized spacial score (nSPS) is 18.9. The van der Waals surface area contributed by atoms with E-state index in [1.54, 1.807) is 30.7 Å². The smallest absolute Gasteiger partial charge is 0.248 e. The Morgan fingerprint density at radius 1 is 0.921 bits per heavy atom. The fourth-order valence-electron chi connectivity index (χ4n) is 5.82. The van der Waals surface area contributed by atoms with E-state index in [2.05, 4.69) is 34.0 Å². The minimum atomic E-state index is -0.480. The molecule has 5 aromatic rings. The third-order valence-electron chi connectivity index (χ3n) is 7.76. The van der Waals surface area contributed by atoms with Gasteiger partial charge in [-0.05, 0) is 61.5 Å². The lowest BCUT2D eigenvalue weighted by atomic mass is 10.00. The van der Waals surface area contributed by atoms with Crippen molar-refractivity contribution in [3.8, 4) is 33.6 Å². The van der Waals surface area contributed by atoms with Gasteiger partial charge in [0.05, 0.1) is 11.3 Å². The zero-order valence-corrected chi connectivity index (χ0v) is 20.9. The molecule has 2 atom stereocenters. The first-order valence-corrected chi connectivity index (χ1v) is 12.7. The van der Waals surface area contributed by atoms with Crippen molar-refractivity contribution in [2.24, 2.45) is 5.73 Å². The highest BCUT2D eigenvalue weighted by Gasteiger charge is 2.41. The monoisotopic (exact) mass is 502 g/mol. The Morgan fingerprint density at radius 3 is 2.50 bits per heavy atom. The van der Waals surface area contributed by atoms with Gasteiger partial charge < -0.3 is 10.6 Å². The number of amides is 1. The minimum Gasteiger partial charge on any atom is -0.366 e. The Kier molecular flexibility index (Phi) is 5.19. The summed E-state index contributed by atoms with van der Waals surface area (Å²) in [6.45, 7) is 2.11. The first-order chi connectivity index (χ1) is 18.6. The average molecular weight is 503 g/mol. The van der Waals surface area contributed by atoms with Gasteiger partial charge >= 0.3 is 0 Å². The Morgan fingerprint density at radius 2 is 1.79 bits per heavy atom. The number of primary amides is 1. The summed E-state index contributed by atoms with van der Waals surface area (Å²) in [5.74, 6) is 0.535. The highest BCUT2D eigenvalue weighted by molar-refractivity contribution is 5.97. The molecule has 1 aromatic carbocycles. The number of anilines is 1. The summed E-state index contributed by atoms with van der Waals surface area (Å²) >= 11 is 0. The number of benzene rings is 1. The second-order valence-corrected chi connectivity index (χ2v) is 10.0. The van der Waals surface area contributed by atoms with Crippen LogP contribution in [0.4, 0.5) is 5.82 Å². The van der Waals surface area contributed by atoms with Crippen molar-refractivity contribution >= 4 is 17.4 Å². The van der Waals surface area contributed by atoms with Crippen LogP contribution in [0.1, 0.15) is 16.8 Å². The van der Waals surface area contributed by atoms with E-state index in [0.717, 1.165) is 52.5 Å². The lowest BCUT2D eigenvalue weighted by Crippen LogP contribution is -2.44. The average Bonchev–Trinajstić information content (AvgIpc) is 3.66. The van der Waals surface area contributed by atoms with Gasteiger partial charge in [0.1, 0.15) is 11.5 Å². The van der Waals surface area contributed by atoms with Crippen molar-refractivity contribution in [2.75, 3.05) is 25.0 Å². The van der Waals surface area contributed by atoms with Crippen LogP contribution in [0.5, 0.6) is 0 Å². The number of carbonyl (C=O) groups is 1. The highest BCUT2D eigenvalue weighted by Crippen LogP contribution is 2.37. The standard InChI is InChI=1S/C29H26N8O/c1-35-16-23-14-22(35)17-36(23)25-6-5-21(15-33-25)24-9-12-32-29-26(19-3-2-4-20(13-19)28(30)38)27(34-37(24)29)18-7-10-31-11-8-18/h2-13,15,22-23H,14,16-17H2,1H3,(H2,30,38)/t22-,23-/m1/s1. The first-order valence-electron chi connectivity index (χ1n) is 12.7. The molecule has 4 aromatic heterocycles. The van der Waals surface area contributed by atoms with Crippen LogP contribution < -0.4 is 10.6 Å². The second kappa shape index (κ2) is 8.74. The van der Waals surface area contributed by atoms with Gasteiger partial charge in [0.25, 0.3) is 0 Å². The molecule has 188 valence electrons. The topological polar surface area (TPSA) is 106 Å². The van der Waals surface area contributed by atoms with Crippen LogP contribution >= 0.6 is 0 Å². The van der Waals surface area contributed by atoms with E-state index in [9.17, 15) is 4.79 Å². The van der Waals surface area contributed by atoms with Crippen LogP contribution in [-0.4, -0.2) is 67.6 Å². The maximum Gasteiger partial charge on any atom is 0.248 e. The Bertz CT molecular complexity index is 1660. The van der Waals surface area contributed by atoms with Gasteiger partial charge in [-0.3, -0.25) is 14.7 Å². The zero-order chi connectivity index (χ0) is 25.8. The molecule has 38 heavy (non-hydrogen) atoms. The number of piperazine rings is 1. The van der Waals surface area contributed by atoms with Crippen LogP contribution in [0.15, 0.2) is 79.4 Å². The van der Waals surface area contributed by atoms with Gasteiger partial charge in [0, 0.05) is 66.7 Å². The number of aromatic nitrogens is 5. The molecule has 2 fully saturated rings. The van der Waals surface area contributed by atoms with E-state index in [-0.39, 0.29) is 0 Å². The Hall–Kier alpha value is -4.63. The fraction of sp³-hybridized carbons (Fsp3) is 0.207. The predicted octanol–water partition coefficient (Wildman–Crippen LogP) is 3.51. The molecule has 0 saturated carbocycles. The van der Waals surface area contributed by atoms with Crippen molar-refractivity contribution in [3.63, 3.8) is 0 Å². The molecule has 2 aliphatic heterocycles. The van der Waals surface area contributed by atoms with Crippen LogP contribution in [0.25, 0.3) is 39.3 Å². The summed E-state index contributed by atoms with van der Waals surface area (Å²) in [5, 5.41) is 5.02. The number of hydrogen-bond acceptors (Lipinski definition) is 7. The molecule has 0 aliphatic carbocycles. The number of fused-ring (bicyclic) bond motifs is 3. The number of hydrogen-bond donors (Lipinski definition) is 1. The number of pyridine rings is 2. The van der Waals surface area contributed by atoms with Gasteiger partial charge in [0.2, 0.25) is 5.91 Å². The minimum absolute atomic E-state index is 0.431. The van der Waals surface area contributed by atoms with E-state index < -0.39 is 5.91 Å². The number of likely N-dealkylation sites (tertiary alicyclic amines) is 1. The summed E-state index contributed by atoms with van der Waals surface area (Å²) in [6.07, 6.45) is 8.38. The van der Waals surface area contributed by atoms with Crippen LogP contribution in [0.2, 0.25) is 0 Å². The number of carbonyl (C=O) groups excluding carboxylic acids is 1. The molecule has 2 N–H and O–H groups in total. The highest BCUT2D eigenvalue weighted by atomic mass is 16.1. The van der Waals surface area contributed by atoms with Gasteiger partial charge in [-0.15, -0.1) is 0 Å². The Balaban J connectivity index is 1.35. The van der Waals surface area contributed by atoms with Crippen LogP contribution in [0, 0.1) is 0 Å². The van der Waals surface area contributed by atoms with E-state index in [1.807, 2.05) is 41.0 Å². The number of nitrogens with two attached hydrogens (primary N) is 1. The SMILES string of the molecule is CN1C[C@H]2C[C@@H]1CN2c1ccc(-c2ccnc3c(-c4cccc(C(N)=O)c4)c(-c4ccncc4)nn23)cn1. The van der Waals surface area contributed by atoms with Gasteiger partial charge in [-0.2, -0.15) is 5.10 Å². The molecular weight excluding hydrogens is 476 g/mol. The van der Waals surface area contributed by atoms with Crippen LogP contribution in [-0.2, 0) is 0 Å². The van der Waals surface area contributed by atoms with E-state index in [4.69, 9.17) is 20.8 Å². The largest absolute Gasteiger partial charge is 0.366 e. The number of rotatable bonds is 5. The molecule has 9 heteroatoms. The lowest BCUT2D eigenvalue weighted by Gasteiger charge is -2.32. The van der Waals surface area contributed by atoms with Crippen LogP contribution in [0.3, 0.4) is 0 Å². The molecule has 1 amide bonds. The quantitative estimate of drug-likeness (QED) is 0.392. The summed E-state index contributed by atoms with van der Waals surface area (Å²) in [5.41, 5.74) is 11.8. The predicted molar refractivity (Wildman–Crippen MR) is 146 cm³/mol. The summed E-state index contributed by atoms with van der Waals surface area (Å²) in [7, 11) is 2.20. The third kappa shape index (κ3) is 3.62. The lowest BCUT2D eigenvalue weighted by molar-refractivity contribution is 0.100. The molecule has 7 rings (SSSR count). The molecular formula is C29H26N8O. The van der Waals surface area contributed by atoms with Crippen molar-refractivity contribution < 1.29 is 4.79 Å². The zero-order valence-electron chi connectivity index (χ0n) is 20.9. The molecule has 2 aliphatic rings. The third-order valence-corrected chi connectivity index (χ3v) is 7.76. The molecule has 0 radical (unpaired) electrons. The van der Waals surface area contributed by atoms with E-state index >= 15 is 0 Å². The second-order valence-electron chi connectivity index (χ2n) is 10.0. The van der Waals surface area contributed by atoms with Crippen molar-refractivity contribution in [1.29, 1.82) is 0 Å². The van der Waals surface area contributed by atoms with E-state index in [0.29, 0.717) is 23.3 Å². The first kappa shape index (κ1) is 22.6. The summed E-state index contributed by atoms with van der Waals surface area (Å²) in [6, 6.07) is 18.4. The van der Waals surface area contributed by atoms with E-state index in [1.165, 1.54) is 6.42 Å². The van der Waals surface area contributed by atoms with Gasteiger partial charge in [0.15, 0.2) is 5.65 Å². The van der Waals surface area contributed by atoms with Crippen molar-refractivity contribution in [2.45, 2.75) is 18.5 Å². The molecule has 2 bridgehead atoms. The Labute approximate surface area is 219 Å². The molecule has 2 saturated heterocycles. The van der Waals surface area contributed by atoms with Gasteiger partial charge in [-0.1, -0.05) is 12.1 Å². The molecule has 0 unspecified atom stereocenters. The molecule has 0 spiro atoms. The maximum atomic E-state index is 11.9. The number of nitrogens with zero attached hydrogens (tertiary/aromatic N) is 7. The van der Waals surface area contributed by atoms with Gasteiger partial charge in [-0.25, -0.2) is 14.5 Å². The van der Waals surface area contributed by atoms with Crippen molar-refractivity contribution in [1.82, 2.24) is 29.5 Å². The molecule has 9 nitrogen and oxygen atoms in total. The summed E-state index contributed by atoms with van der Waals surface area (Å²) < 4.78 is 1.85. The van der Waals surface area contributed by atoms with Crippen molar-refractivity contribution in [3.05, 3.63) is 84.9 Å².